The molecule has 34 nitrogen and oxygen atoms in total. The zero-order valence-electron chi connectivity index (χ0n) is 67.9. The number of nitro groups is 3. The predicted octanol–water partition coefficient (Wildman–Crippen LogP) is 14.1. The highest BCUT2D eigenvalue weighted by Gasteiger charge is 2.30. The number of hydrogen-bond acceptors (Lipinski definition) is 27. The second-order valence-corrected chi connectivity index (χ2v) is 31.0. The second kappa shape index (κ2) is 39.6. The van der Waals surface area contributed by atoms with E-state index in [0.717, 1.165) is 34.5 Å². The second-order valence-electron chi connectivity index (χ2n) is 31.0. The van der Waals surface area contributed by atoms with Gasteiger partial charge < -0.3 is 51.9 Å². The Morgan fingerprint density at radius 2 is 0.786 bits per heavy atom. The molecule has 34 heteroatoms. The van der Waals surface area contributed by atoms with Crippen LogP contribution < -0.4 is 62.9 Å². The lowest BCUT2D eigenvalue weighted by Crippen LogP contribution is -2.30. The van der Waals surface area contributed by atoms with Gasteiger partial charge in [-0.3, -0.25) is 59.2 Å². The van der Waals surface area contributed by atoms with Crippen molar-refractivity contribution in [3.8, 4) is 6.07 Å². The van der Waals surface area contributed by atoms with Gasteiger partial charge in [-0.1, -0.05) is 107 Å². The molecule has 0 aliphatic rings. The molecule has 4 aromatic heterocycles. The molecule has 8 aromatic rings. The lowest BCUT2D eigenvalue weighted by molar-refractivity contribution is -0.383. The number of aromatic nitrogens is 6. The molecule has 112 heavy (non-hydrogen) atoms. The van der Waals surface area contributed by atoms with Crippen molar-refractivity contribution in [2.75, 3.05) is 117 Å². The number of aryl methyl sites for hydroxylation is 4. The van der Waals surface area contributed by atoms with Crippen molar-refractivity contribution in [2.45, 2.75) is 111 Å². The monoisotopic (exact) mass is 1540 g/mol. The van der Waals surface area contributed by atoms with E-state index < -0.39 is 26.6 Å². The molecule has 0 aliphatic heterocycles. The summed E-state index contributed by atoms with van der Waals surface area (Å²) in [7, 11) is 11.4. The van der Waals surface area contributed by atoms with Gasteiger partial charge in [0.2, 0.25) is 29.2 Å². The molecule has 0 bridgehead atoms. The lowest BCUT2D eigenvalue weighted by atomic mass is 9.96. The van der Waals surface area contributed by atoms with Crippen LogP contribution in [-0.2, 0) is 9.68 Å². The van der Waals surface area contributed by atoms with Gasteiger partial charge in [0.05, 0.1) is 35.2 Å². The lowest BCUT2D eigenvalue weighted by Gasteiger charge is -2.28. The van der Waals surface area contributed by atoms with Gasteiger partial charge in [-0.2, -0.15) is 10.2 Å². The van der Waals surface area contributed by atoms with Crippen LogP contribution in [0.1, 0.15) is 152 Å². The number of hydroxylamine groups is 2. The first-order chi connectivity index (χ1) is 52.3. The minimum atomic E-state index is -0.538. The number of nitriles is 1. The number of benzene rings is 4. The minimum absolute atomic E-state index is 0.0298. The highest BCUT2D eigenvalue weighted by molar-refractivity contribution is 5.97. The average molecular weight is 1540 g/mol. The van der Waals surface area contributed by atoms with E-state index in [-0.39, 0.29) is 73.8 Å². The maximum atomic E-state index is 12.0. The molecule has 0 spiro atoms. The Hall–Kier alpha value is -12.8. The number of carbonyl (C=O) groups is 4. The number of anilines is 12. The van der Waals surface area contributed by atoms with Gasteiger partial charge in [0.25, 0.3) is 23.6 Å². The molecule has 4 heterocycles. The first-order valence-corrected chi connectivity index (χ1v) is 35.4. The Morgan fingerprint density at radius 1 is 0.455 bits per heavy atom. The van der Waals surface area contributed by atoms with Gasteiger partial charge in [-0.05, 0) is 132 Å². The highest BCUT2D eigenvalue weighted by Crippen LogP contribution is 2.40. The van der Waals surface area contributed by atoms with E-state index in [9.17, 15) is 54.8 Å². The Labute approximate surface area is 653 Å². The van der Waals surface area contributed by atoms with E-state index in [1.54, 1.807) is 99.2 Å². The Balaban J connectivity index is 0.000000267. The average Bonchev–Trinajstić information content (AvgIpc) is 0.812. The number of amides is 4. The molecule has 0 saturated carbocycles. The van der Waals surface area contributed by atoms with Gasteiger partial charge in [-0.15, -0.1) is 0 Å². The van der Waals surface area contributed by atoms with Crippen molar-refractivity contribution in [3.63, 3.8) is 0 Å². The maximum absolute atomic E-state index is 12.0. The smallest absolute Gasteiger partial charge is 0.353 e. The maximum Gasteiger partial charge on any atom is 0.353 e. The van der Waals surface area contributed by atoms with E-state index in [4.69, 9.17) is 0 Å². The van der Waals surface area contributed by atoms with E-state index in [1.165, 1.54) is 32.9 Å². The number of nitrogens with zero attached hydrogens (tertiary/aromatic N) is 13. The fourth-order valence-corrected chi connectivity index (χ4v) is 11.0. The van der Waals surface area contributed by atoms with Crippen LogP contribution in [0, 0.1) is 91.0 Å². The standard InChI is InChI=1S/C20H26N6O.C20H27N5O4.C20H27N5O3.C18H24N6O4/c1-13-7-8-14(18(27)22-5)9-16(13)24-17-15(10-21)11-23-19(25-17)26(6)12-20(2,3)4;1-13-7-8-14(19(26)23-29-6)11-15(13)22-18-17(25(27)28)16(9-10-21-18)24(5)12-20(2,3)4;1-13-7-8-14(19(26)21-5)11-15(13)23-18-17(25(27)28)16(9-10-22-18)24(6)12-20(2,3)4;1-11-6-7-12(17(25)23-28-5)8-13(11)22-16-14(24(26)27)15(20-10-21-16)19-9-18(2,3)4/h7-9,11H,12H2,1-6H3,(H,22,27)(H,23,24,25);7-11H,12H2,1-6H3,(H,21,22)(H,23,26);7-11H,12H2,1-6H3,(H,21,26)(H,22,23);6-8,10H,9H2,1-5H3,(H,23,25)(H2,19,20,21,22). The zero-order chi connectivity index (χ0) is 83.9. The Morgan fingerprint density at radius 3 is 1.11 bits per heavy atom. The minimum Gasteiger partial charge on any atom is -0.368 e. The first-order valence-electron chi connectivity index (χ1n) is 35.4. The van der Waals surface area contributed by atoms with Crippen LogP contribution >= 0.6 is 0 Å². The summed E-state index contributed by atoms with van der Waals surface area (Å²) in [5, 5.41) is 65.2. The van der Waals surface area contributed by atoms with Crippen LogP contribution in [0.3, 0.4) is 0 Å². The number of nitrogens with one attached hydrogen (secondary N) is 9. The molecular weight excluding hydrogens is 1440 g/mol. The van der Waals surface area contributed by atoms with Gasteiger partial charge in [-0.25, -0.2) is 35.9 Å². The van der Waals surface area contributed by atoms with Crippen molar-refractivity contribution in [2.24, 2.45) is 21.7 Å². The zero-order valence-corrected chi connectivity index (χ0v) is 67.9. The molecule has 0 fully saturated rings. The first kappa shape index (κ1) is 89.9. The molecule has 0 radical (unpaired) electrons. The Bertz CT molecular complexity index is 4730. The van der Waals surface area contributed by atoms with Crippen LogP contribution in [0.2, 0.25) is 0 Å². The summed E-state index contributed by atoms with van der Waals surface area (Å²) < 4.78 is 0. The summed E-state index contributed by atoms with van der Waals surface area (Å²) in [6, 6.07) is 25.8. The van der Waals surface area contributed by atoms with E-state index >= 15 is 0 Å². The number of pyridine rings is 2. The van der Waals surface area contributed by atoms with Gasteiger partial charge in [0.1, 0.15) is 29.3 Å². The summed E-state index contributed by atoms with van der Waals surface area (Å²) in [4.78, 5) is 122. The number of hydrogen-bond donors (Lipinski definition) is 9. The summed E-state index contributed by atoms with van der Waals surface area (Å²) >= 11 is 0. The van der Waals surface area contributed by atoms with Crippen LogP contribution in [0.15, 0.2) is 110 Å². The quantitative estimate of drug-likeness (QED) is 0.0189. The normalized spacial score (nSPS) is 11.0. The number of rotatable bonds is 25. The van der Waals surface area contributed by atoms with Gasteiger partial charge >= 0.3 is 17.1 Å². The van der Waals surface area contributed by atoms with Crippen molar-refractivity contribution in [3.05, 3.63) is 190 Å². The summed E-state index contributed by atoms with van der Waals surface area (Å²) in [5.74, 6) is 0.100. The van der Waals surface area contributed by atoms with Crippen molar-refractivity contribution < 1.29 is 43.6 Å². The molecule has 4 aromatic carbocycles. The van der Waals surface area contributed by atoms with Gasteiger partial charge in [0.15, 0.2) is 5.82 Å². The van der Waals surface area contributed by atoms with Gasteiger partial charge in [0, 0.05) is 119 Å². The molecule has 0 aliphatic carbocycles. The van der Waals surface area contributed by atoms with E-state index in [2.05, 4.69) is 156 Å². The van der Waals surface area contributed by atoms with Crippen LogP contribution in [0.25, 0.3) is 0 Å². The molecule has 598 valence electrons. The van der Waals surface area contributed by atoms with E-state index in [1.807, 2.05) is 90.4 Å². The number of carbonyl (C=O) groups excluding carboxylic acids is 4. The van der Waals surface area contributed by atoms with Crippen molar-refractivity contribution in [1.82, 2.24) is 51.5 Å². The molecule has 4 amide bonds. The molecule has 0 unspecified atom stereocenters. The highest BCUT2D eigenvalue weighted by atomic mass is 16.6. The fourth-order valence-electron chi connectivity index (χ4n) is 11.0. The molecule has 0 atom stereocenters. The summed E-state index contributed by atoms with van der Waals surface area (Å²) in [6.45, 7) is 34.8. The molecule has 0 saturated heterocycles. The molecular formula is C78H104N22O12. The van der Waals surface area contributed by atoms with Crippen LogP contribution in [0.5, 0.6) is 0 Å². The van der Waals surface area contributed by atoms with Crippen LogP contribution in [0.4, 0.5) is 86.2 Å². The third-order valence-corrected chi connectivity index (χ3v) is 16.0. The largest absolute Gasteiger partial charge is 0.368 e. The predicted molar refractivity (Wildman–Crippen MR) is 437 cm³/mol. The topological polar surface area (TPSA) is 435 Å². The fraction of sp³-hybridized carbons (Fsp3) is 0.397. The molecule has 8 rings (SSSR count). The van der Waals surface area contributed by atoms with Crippen molar-refractivity contribution in [1.29, 1.82) is 5.26 Å². The van der Waals surface area contributed by atoms with E-state index in [0.29, 0.717) is 87.7 Å². The molecule has 9 N–H and O–H groups in total. The van der Waals surface area contributed by atoms with Crippen molar-refractivity contribution >= 4 is 110 Å². The SMILES string of the molecule is CNC(=O)c1ccc(C)c(Nc2nc(N(C)CC(C)(C)C)ncc2C#N)c1.CNC(=O)c1ccc(C)c(Nc2nccc(N(C)CC(C)(C)C)c2[N+](=O)[O-])c1.CONC(=O)c1ccc(C)c(Nc2nccc(N(C)CC(C)(C)C)c2[N+](=O)[O-])c1.CONC(=O)c1ccc(C)c(Nc2ncnc(NCC(C)(C)C)c2[N+](=O)[O-])c1. The van der Waals surface area contributed by atoms with Crippen LogP contribution in [-0.4, -0.2) is 144 Å². The third kappa shape index (κ3) is 26.8. The summed E-state index contributed by atoms with van der Waals surface area (Å²) in [6.07, 6.45) is 5.83. The third-order valence-electron chi connectivity index (χ3n) is 16.0. The Kier molecular flexibility index (Phi) is 31.7. The summed E-state index contributed by atoms with van der Waals surface area (Å²) in [5.41, 5.74) is 12.6.